The lowest BCUT2D eigenvalue weighted by Crippen LogP contribution is -2.18. The predicted octanol–water partition coefficient (Wildman–Crippen LogP) is 2.60. The van der Waals surface area contributed by atoms with E-state index >= 15 is 0 Å². The molecule has 4 nitrogen and oxygen atoms in total. The van der Waals surface area contributed by atoms with Gasteiger partial charge >= 0.3 is 0 Å². The minimum Gasteiger partial charge on any atom is -0.330 e. The fourth-order valence-corrected chi connectivity index (χ4v) is 2.75. The number of carbonyl (C=O) groups is 1. The van der Waals surface area contributed by atoms with Crippen LogP contribution in [-0.4, -0.2) is 22.1 Å². The maximum absolute atomic E-state index is 12.5. The number of aromatic amines is 1. The van der Waals surface area contributed by atoms with Gasteiger partial charge in [0, 0.05) is 22.5 Å². The molecule has 1 atom stereocenters. The second-order valence-electron chi connectivity index (χ2n) is 4.71. The lowest BCUT2D eigenvalue weighted by Gasteiger charge is -2.10. The summed E-state index contributed by atoms with van der Waals surface area (Å²) in [6.07, 6.45) is 2.50. The Hall–Kier alpha value is -1.46. The average Bonchev–Trinajstić information content (AvgIpc) is 2.45. The van der Waals surface area contributed by atoms with E-state index in [1.165, 1.54) is 6.07 Å². The van der Waals surface area contributed by atoms with Gasteiger partial charge in [0.15, 0.2) is 5.78 Å². The number of hydrogen-bond acceptors (Lipinski definition) is 3. The highest BCUT2D eigenvalue weighted by atomic mass is 79.9. The van der Waals surface area contributed by atoms with Crippen molar-refractivity contribution in [2.75, 3.05) is 6.54 Å². The first-order valence-electron chi connectivity index (χ1n) is 6.64. The monoisotopic (exact) mass is 336 g/mol. The van der Waals surface area contributed by atoms with Crippen LogP contribution in [-0.2, 0) is 0 Å². The molecule has 1 heterocycles. The van der Waals surface area contributed by atoms with Crippen molar-refractivity contribution in [1.82, 2.24) is 4.98 Å². The fraction of sp³-hybridized carbons (Fsp3) is 0.333. The molecule has 1 aromatic heterocycles. The minimum absolute atomic E-state index is 0.0516. The summed E-state index contributed by atoms with van der Waals surface area (Å²) in [5.41, 5.74) is 6.35. The van der Waals surface area contributed by atoms with E-state index < -0.39 is 0 Å². The molecule has 0 radical (unpaired) electrons. The Morgan fingerprint density at radius 2 is 2.05 bits per heavy atom. The molecule has 20 heavy (non-hydrogen) atoms. The Morgan fingerprint density at radius 3 is 2.80 bits per heavy atom. The second-order valence-corrected chi connectivity index (χ2v) is 5.81. The van der Waals surface area contributed by atoms with Crippen molar-refractivity contribution in [2.45, 2.75) is 24.1 Å². The van der Waals surface area contributed by atoms with Crippen LogP contribution in [0, 0.1) is 0 Å². The number of hydrogen-bond donors (Lipinski definition) is 2. The van der Waals surface area contributed by atoms with Crippen LogP contribution in [0.3, 0.4) is 0 Å². The molecule has 3 N–H and O–H groups in total. The van der Waals surface area contributed by atoms with Crippen molar-refractivity contribution >= 4 is 32.6 Å². The molecule has 5 heteroatoms. The maximum Gasteiger partial charge on any atom is 0.249 e. The van der Waals surface area contributed by atoms with E-state index in [1.807, 2.05) is 18.2 Å². The number of H-pyrrole nitrogens is 1. The van der Waals surface area contributed by atoms with E-state index in [0.717, 1.165) is 24.6 Å². The molecule has 0 aliphatic carbocycles. The van der Waals surface area contributed by atoms with E-state index in [4.69, 9.17) is 5.73 Å². The summed E-state index contributed by atoms with van der Waals surface area (Å²) in [4.78, 5) is 26.6. The molecule has 106 valence electrons. The third-order valence-corrected chi connectivity index (χ3v) is 4.09. The SMILES string of the molecule is NCCCCC(Br)C(=O)c1cc(=O)[nH]c2ccccc12. The normalized spacial score (nSPS) is 12.5. The van der Waals surface area contributed by atoms with Gasteiger partial charge in [-0.3, -0.25) is 9.59 Å². The number of carbonyl (C=O) groups excluding carboxylic acids is 1. The van der Waals surface area contributed by atoms with Crippen molar-refractivity contribution in [3.8, 4) is 0 Å². The summed E-state index contributed by atoms with van der Waals surface area (Å²) in [6.45, 7) is 0.627. The summed E-state index contributed by atoms with van der Waals surface area (Å²) >= 11 is 3.42. The molecule has 0 saturated heterocycles. The number of fused-ring (bicyclic) bond motifs is 1. The number of alkyl halides is 1. The Labute approximate surface area is 125 Å². The summed E-state index contributed by atoms with van der Waals surface area (Å²) in [7, 11) is 0. The van der Waals surface area contributed by atoms with Crippen LogP contribution in [0.4, 0.5) is 0 Å². The number of ketones is 1. The zero-order chi connectivity index (χ0) is 14.5. The first-order chi connectivity index (χ1) is 9.63. The highest BCUT2D eigenvalue weighted by Gasteiger charge is 2.19. The van der Waals surface area contributed by atoms with Gasteiger partial charge in [0.1, 0.15) is 0 Å². The van der Waals surface area contributed by atoms with Gasteiger partial charge in [-0.25, -0.2) is 0 Å². The highest BCUT2D eigenvalue weighted by Crippen LogP contribution is 2.21. The maximum atomic E-state index is 12.5. The van der Waals surface area contributed by atoms with Gasteiger partial charge in [0.25, 0.3) is 0 Å². The molecule has 0 saturated carbocycles. The predicted molar refractivity (Wildman–Crippen MR) is 84.5 cm³/mol. The van der Waals surface area contributed by atoms with E-state index in [9.17, 15) is 9.59 Å². The zero-order valence-electron chi connectivity index (χ0n) is 11.1. The summed E-state index contributed by atoms with van der Waals surface area (Å²) < 4.78 is 0. The first-order valence-corrected chi connectivity index (χ1v) is 7.55. The Balaban J connectivity index is 2.32. The molecule has 0 fully saturated rings. The molecule has 1 aromatic carbocycles. The lowest BCUT2D eigenvalue weighted by atomic mass is 10.0. The van der Waals surface area contributed by atoms with Crippen LogP contribution >= 0.6 is 15.9 Å². The fourth-order valence-electron chi connectivity index (χ4n) is 2.18. The molecule has 0 amide bonds. The number of unbranched alkanes of at least 4 members (excludes halogenated alkanes) is 1. The molecule has 0 spiro atoms. The van der Waals surface area contributed by atoms with Gasteiger partial charge < -0.3 is 10.7 Å². The smallest absolute Gasteiger partial charge is 0.249 e. The van der Waals surface area contributed by atoms with E-state index in [1.54, 1.807) is 6.07 Å². The van der Waals surface area contributed by atoms with Crippen LogP contribution in [0.25, 0.3) is 10.9 Å². The van der Waals surface area contributed by atoms with Gasteiger partial charge in [0.05, 0.1) is 4.83 Å². The van der Waals surface area contributed by atoms with E-state index in [2.05, 4.69) is 20.9 Å². The number of nitrogens with two attached hydrogens (primary N) is 1. The summed E-state index contributed by atoms with van der Waals surface area (Å²) in [6, 6.07) is 8.71. The number of aromatic nitrogens is 1. The summed E-state index contributed by atoms with van der Waals surface area (Å²) in [5, 5.41) is 0.778. The third kappa shape index (κ3) is 3.35. The van der Waals surface area contributed by atoms with Gasteiger partial charge in [-0.15, -0.1) is 0 Å². The van der Waals surface area contributed by atoms with Gasteiger partial charge in [-0.1, -0.05) is 40.5 Å². The number of para-hydroxylation sites is 1. The van der Waals surface area contributed by atoms with Gasteiger partial charge in [0.2, 0.25) is 5.56 Å². The van der Waals surface area contributed by atoms with Crippen molar-refractivity contribution in [2.24, 2.45) is 5.73 Å². The topological polar surface area (TPSA) is 76.0 Å². The van der Waals surface area contributed by atoms with Crippen LogP contribution in [0.2, 0.25) is 0 Å². The van der Waals surface area contributed by atoms with E-state index in [0.29, 0.717) is 17.6 Å². The molecule has 0 aliphatic rings. The van der Waals surface area contributed by atoms with Crippen molar-refractivity contribution in [3.63, 3.8) is 0 Å². The third-order valence-electron chi connectivity index (χ3n) is 3.21. The van der Waals surface area contributed by atoms with Crippen LogP contribution < -0.4 is 11.3 Å². The Morgan fingerprint density at radius 1 is 1.30 bits per heavy atom. The molecule has 0 aliphatic heterocycles. The Bertz CT molecular complexity index is 666. The number of halogens is 1. The molecule has 0 bridgehead atoms. The van der Waals surface area contributed by atoms with Gasteiger partial charge in [-0.05, 0) is 25.5 Å². The Kier molecular flexibility index (Phi) is 5.09. The van der Waals surface area contributed by atoms with Crippen LogP contribution in [0.5, 0.6) is 0 Å². The zero-order valence-corrected chi connectivity index (χ0v) is 12.7. The molecular formula is C15H17BrN2O2. The summed E-state index contributed by atoms with van der Waals surface area (Å²) in [5.74, 6) is -0.0516. The number of nitrogens with one attached hydrogen (secondary N) is 1. The molecule has 1 unspecified atom stereocenters. The standard InChI is InChI=1S/C15H17BrN2O2/c16-12(6-3-4-8-17)15(20)11-9-14(19)18-13-7-2-1-5-10(11)13/h1-2,5,7,9,12H,3-4,6,8,17H2,(H,18,19). The van der Waals surface area contributed by atoms with Crippen molar-refractivity contribution < 1.29 is 4.79 Å². The van der Waals surface area contributed by atoms with Crippen molar-refractivity contribution in [3.05, 3.63) is 46.2 Å². The minimum atomic E-state index is -0.278. The molecule has 2 rings (SSSR count). The number of Topliss-reactive ketones (excluding diaryl/α,β-unsaturated/α-hetero) is 1. The van der Waals surface area contributed by atoms with Crippen molar-refractivity contribution in [1.29, 1.82) is 0 Å². The second kappa shape index (κ2) is 6.81. The van der Waals surface area contributed by atoms with Crippen LogP contribution in [0.15, 0.2) is 35.1 Å². The first kappa shape index (κ1) is 14.9. The van der Waals surface area contributed by atoms with E-state index in [-0.39, 0.29) is 16.2 Å². The number of benzene rings is 1. The van der Waals surface area contributed by atoms with Gasteiger partial charge in [-0.2, -0.15) is 0 Å². The highest BCUT2D eigenvalue weighted by molar-refractivity contribution is 9.10. The largest absolute Gasteiger partial charge is 0.330 e. The average molecular weight is 337 g/mol. The molecule has 2 aromatic rings. The van der Waals surface area contributed by atoms with Crippen LogP contribution in [0.1, 0.15) is 29.6 Å². The number of pyridine rings is 1. The number of rotatable bonds is 6. The molecular weight excluding hydrogens is 320 g/mol. The lowest BCUT2D eigenvalue weighted by molar-refractivity contribution is 0.0989. The quantitative estimate of drug-likeness (QED) is 0.483.